The SMILES string of the molecule is COc1ccc2cc(C3CN(C(=O)c4cccnc4OC)CCO3)ccc2c1. The molecule has 0 spiro atoms. The number of aromatic nitrogens is 1. The average Bonchev–Trinajstić information content (AvgIpc) is 2.77. The van der Waals surface area contributed by atoms with Crippen LogP contribution in [0.4, 0.5) is 0 Å². The van der Waals surface area contributed by atoms with Crippen LogP contribution in [0.1, 0.15) is 22.0 Å². The Hall–Kier alpha value is -3.12. The van der Waals surface area contributed by atoms with Crippen LogP contribution in [0.25, 0.3) is 10.8 Å². The highest BCUT2D eigenvalue weighted by atomic mass is 16.5. The van der Waals surface area contributed by atoms with Gasteiger partial charge in [0.15, 0.2) is 0 Å². The summed E-state index contributed by atoms with van der Waals surface area (Å²) in [4.78, 5) is 18.9. The van der Waals surface area contributed by atoms with Crippen LogP contribution in [-0.2, 0) is 4.74 Å². The number of methoxy groups -OCH3 is 2. The molecule has 3 aromatic rings. The molecule has 4 rings (SSSR count). The summed E-state index contributed by atoms with van der Waals surface area (Å²) in [5.74, 6) is 1.08. The van der Waals surface area contributed by atoms with E-state index in [1.54, 1.807) is 30.3 Å². The van der Waals surface area contributed by atoms with Crippen LogP contribution in [0.5, 0.6) is 11.6 Å². The van der Waals surface area contributed by atoms with Crippen molar-refractivity contribution in [3.05, 3.63) is 65.9 Å². The molecule has 6 heteroatoms. The first kappa shape index (κ1) is 18.3. The predicted octanol–water partition coefficient (Wildman–Crippen LogP) is 3.47. The molecule has 144 valence electrons. The number of morpholine rings is 1. The highest BCUT2D eigenvalue weighted by molar-refractivity contribution is 5.96. The van der Waals surface area contributed by atoms with Crippen LogP contribution in [0.2, 0.25) is 0 Å². The van der Waals surface area contributed by atoms with Gasteiger partial charge in [0.2, 0.25) is 5.88 Å². The second-order valence-corrected chi connectivity index (χ2v) is 6.64. The van der Waals surface area contributed by atoms with Crippen LogP contribution < -0.4 is 9.47 Å². The van der Waals surface area contributed by atoms with Gasteiger partial charge in [0, 0.05) is 12.7 Å². The van der Waals surface area contributed by atoms with Gasteiger partial charge in [-0.2, -0.15) is 0 Å². The molecule has 1 amide bonds. The molecule has 0 bridgehead atoms. The maximum absolute atomic E-state index is 13.0. The van der Waals surface area contributed by atoms with Gasteiger partial charge >= 0.3 is 0 Å². The fraction of sp³-hybridized carbons (Fsp3) is 0.273. The highest BCUT2D eigenvalue weighted by Gasteiger charge is 2.28. The summed E-state index contributed by atoms with van der Waals surface area (Å²) in [6.07, 6.45) is 1.44. The molecule has 1 atom stereocenters. The van der Waals surface area contributed by atoms with Crippen LogP contribution in [-0.4, -0.2) is 49.7 Å². The van der Waals surface area contributed by atoms with Crippen molar-refractivity contribution in [2.75, 3.05) is 33.9 Å². The van der Waals surface area contributed by atoms with E-state index >= 15 is 0 Å². The molecule has 1 aliphatic rings. The van der Waals surface area contributed by atoms with E-state index in [-0.39, 0.29) is 12.0 Å². The summed E-state index contributed by atoms with van der Waals surface area (Å²) in [6, 6.07) is 15.7. The van der Waals surface area contributed by atoms with Gasteiger partial charge in [-0.1, -0.05) is 18.2 Å². The lowest BCUT2D eigenvalue weighted by atomic mass is 10.0. The van der Waals surface area contributed by atoms with Crippen molar-refractivity contribution in [3.63, 3.8) is 0 Å². The summed E-state index contributed by atoms with van der Waals surface area (Å²) in [5, 5.41) is 2.21. The molecule has 1 unspecified atom stereocenters. The molecule has 6 nitrogen and oxygen atoms in total. The molecule has 1 saturated heterocycles. The molecule has 1 fully saturated rings. The number of amides is 1. The van der Waals surface area contributed by atoms with Crippen molar-refractivity contribution in [2.24, 2.45) is 0 Å². The van der Waals surface area contributed by atoms with Crippen LogP contribution in [0.3, 0.4) is 0 Å². The Labute approximate surface area is 163 Å². The van der Waals surface area contributed by atoms with Gasteiger partial charge in [-0.3, -0.25) is 4.79 Å². The molecule has 0 aliphatic carbocycles. The Kier molecular flexibility index (Phi) is 5.12. The van der Waals surface area contributed by atoms with Gasteiger partial charge in [-0.15, -0.1) is 0 Å². The number of rotatable bonds is 4. The molecule has 2 heterocycles. The molecule has 2 aromatic carbocycles. The predicted molar refractivity (Wildman–Crippen MR) is 106 cm³/mol. The van der Waals surface area contributed by atoms with Gasteiger partial charge in [0.1, 0.15) is 17.4 Å². The Morgan fingerprint density at radius 2 is 1.93 bits per heavy atom. The number of nitrogens with zero attached hydrogens (tertiary/aromatic N) is 2. The second kappa shape index (κ2) is 7.86. The third-order valence-corrected chi connectivity index (χ3v) is 4.99. The van der Waals surface area contributed by atoms with Gasteiger partial charge in [0.05, 0.1) is 27.4 Å². The summed E-state index contributed by atoms with van der Waals surface area (Å²) >= 11 is 0. The molecule has 0 saturated carbocycles. The fourth-order valence-electron chi connectivity index (χ4n) is 3.49. The Bertz CT molecular complexity index is 1000. The molecule has 0 radical (unpaired) electrons. The third kappa shape index (κ3) is 3.51. The Morgan fingerprint density at radius 3 is 2.75 bits per heavy atom. The van der Waals surface area contributed by atoms with Crippen LogP contribution in [0.15, 0.2) is 54.7 Å². The number of carbonyl (C=O) groups excluding carboxylic acids is 1. The molecule has 0 N–H and O–H groups in total. The smallest absolute Gasteiger partial charge is 0.259 e. The number of fused-ring (bicyclic) bond motifs is 1. The summed E-state index contributed by atoms with van der Waals surface area (Å²) in [6.45, 7) is 1.51. The van der Waals surface area contributed by atoms with E-state index in [4.69, 9.17) is 14.2 Å². The van der Waals surface area contributed by atoms with Crippen molar-refractivity contribution in [2.45, 2.75) is 6.10 Å². The van der Waals surface area contributed by atoms with Gasteiger partial charge < -0.3 is 19.1 Å². The average molecular weight is 378 g/mol. The Balaban J connectivity index is 1.56. The summed E-state index contributed by atoms with van der Waals surface area (Å²) < 4.78 is 16.5. The number of hydrogen-bond acceptors (Lipinski definition) is 5. The van der Waals surface area contributed by atoms with Crippen LogP contribution in [0, 0.1) is 0 Å². The molecule has 1 aliphatic heterocycles. The summed E-state index contributed by atoms with van der Waals surface area (Å²) in [7, 11) is 3.18. The number of hydrogen-bond donors (Lipinski definition) is 0. The molecule has 1 aromatic heterocycles. The van der Waals surface area contributed by atoms with E-state index in [2.05, 4.69) is 17.1 Å². The van der Waals surface area contributed by atoms with Crippen molar-refractivity contribution < 1.29 is 19.0 Å². The first-order valence-corrected chi connectivity index (χ1v) is 9.17. The Morgan fingerprint density at radius 1 is 1.11 bits per heavy atom. The lowest BCUT2D eigenvalue weighted by molar-refractivity contribution is -0.0228. The summed E-state index contributed by atoms with van der Waals surface area (Å²) in [5.41, 5.74) is 1.52. The van der Waals surface area contributed by atoms with E-state index in [0.29, 0.717) is 31.1 Å². The van der Waals surface area contributed by atoms with Gasteiger partial charge in [-0.25, -0.2) is 4.98 Å². The maximum Gasteiger partial charge on any atom is 0.259 e. The minimum atomic E-state index is -0.174. The molecular formula is C22H22N2O4. The quantitative estimate of drug-likeness (QED) is 0.696. The van der Waals surface area contributed by atoms with E-state index in [9.17, 15) is 4.79 Å². The standard InChI is InChI=1S/C22H22N2O4/c1-26-18-8-7-15-12-17(6-5-16(15)13-18)20-14-24(10-11-28-20)22(25)19-4-3-9-23-21(19)27-2/h3-9,12-13,20H,10-11,14H2,1-2H3. The number of benzene rings is 2. The molecular weight excluding hydrogens is 356 g/mol. The first-order valence-electron chi connectivity index (χ1n) is 9.17. The zero-order chi connectivity index (χ0) is 19.5. The number of carbonyl (C=O) groups is 1. The topological polar surface area (TPSA) is 60.9 Å². The lowest BCUT2D eigenvalue weighted by Gasteiger charge is -2.33. The van der Waals surface area contributed by atoms with E-state index in [1.165, 1.54) is 7.11 Å². The van der Waals surface area contributed by atoms with Gasteiger partial charge in [0.25, 0.3) is 5.91 Å². The second-order valence-electron chi connectivity index (χ2n) is 6.64. The zero-order valence-corrected chi connectivity index (χ0v) is 15.9. The lowest BCUT2D eigenvalue weighted by Crippen LogP contribution is -2.42. The van der Waals surface area contributed by atoms with Crippen molar-refractivity contribution >= 4 is 16.7 Å². The third-order valence-electron chi connectivity index (χ3n) is 4.99. The van der Waals surface area contributed by atoms with E-state index in [1.807, 2.05) is 24.3 Å². The largest absolute Gasteiger partial charge is 0.497 e. The number of pyridine rings is 1. The zero-order valence-electron chi connectivity index (χ0n) is 15.9. The first-order chi connectivity index (χ1) is 13.7. The minimum Gasteiger partial charge on any atom is -0.497 e. The minimum absolute atomic E-state index is 0.0937. The van der Waals surface area contributed by atoms with Crippen LogP contribution >= 0.6 is 0 Å². The van der Waals surface area contributed by atoms with Gasteiger partial charge in [-0.05, 0) is 46.7 Å². The normalized spacial score (nSPS) is 16.8. The molecule has 28 heavy (non-hydrogen) atoms. The van der Waals surface area contributed by atoms with E-state index in [0.717, 1.165) is 22.1 Å². The monoisotopic (exact) mass is 378 g/mol. The van der Waals surface area contributed by atoms with Crippen molar-refractivity contribution in [1.82, 2.24) is 9.88 Å². The number of ether oxygens (including phenoxy) is 3. The van der Waals surface area contributed by atoms with Crippen molar-refractivity contribution in [3.8, 4) is 11.6 Å². The van der Waals surface area contributed by atoms with E-state index < -0.39 is 0 Å². The fourth-order valence-corrected chi connectivity index (χ4v) is 3.49. The van der Waals surface area contributed by atoms with Crippen molar-refractivity contribution in [1.29, 1.82) is 0 Å². The highest BCUT2D eigenvalue weighted by Crippen LogP contribution is 2.29. The maximum atomic E-state index is 13.0.